The van der Waals surface area contributed by atoms with Gasteiger partial charge in [-0.1, -0.05) is 18.2 Å². The molecule has 0 saturated carbocycles. The van der Waals surface area contributed by atoms with Crippen molar-refractivity contribution >= 4 is 27.4 Å². The normalized spacial score (nSPS) is 11.0. The first kappa shape index (κ1) is 18.5. The van der Waals surface area contributed by atoms with Gasteiger partial charge in [-0.3, -0.25) is 14.5 Å². The summed E-state index contributed by atoms with van der Waals surface area (Å²) in [6, 6.07) is 11.5. The molecule has 0 radical (unpaired) electrons. The number of sulfonamides is 1. The largest absolute Gasteiger partial charge is 0.305 e. The molecule has 27 heavy (non-hydrogen) atoms. The monoisotopic (exact) mass is 382 g/mol. The first-order chi connectivity index (χ1) is 12.8. The molecule has 0 aliphatic rings. The molecule has 1 aromatic heterocycles. The number of nitrogens with zero attached hydrogens (tertiary/aromatic N) is 2. The number of carbonyl (C=O) groups is 1. The Kier molecular flexibility index (Phi) is 5.18. The average Bonchev–Trinajstić information content (AvgIpc) is 2.64. The van der Waals surface area contributed by atoms with Crippen molar-refractivity contribution in [1.82, 2.24) is 9.97 Å². The molecule has 1 amide bonds. The van der Waals surface area contributed by atoms with Gasteiger partial charge in [-0.05, 0) is 49.2 Å². The lowest BCUT2D eigenvalue weighted by atomic mass is 10.2. The standard InChI is InChI=1S/C19H18N4O3S/c1-13-6-7-14(2)17(10-13)27(25,26)23-16-5-3-4-15(11-16)19(24)22-18-12-20-8-9-21-18/h3-12,23H,1-2H3,(H,21,22,24). The fourth-order valence-corrected chi connectivity index (χ4v) is 3.86. The van der Waals surface area contributed by atoms with Gasteiger partial charge in [0.05, 0.1) is 11.1 Å². The van der Waals surface area contributed by atoms with Gasteiger partial charge in [-0.15, -0.1) is 0 Å². The summed E-state index contributed by atoms with van der Waals surface area (Å²) in [6.07, 6.45) is 4.38. The second-order valence-corrected chi connectivity index (χ2v) is 7.65. The van der Waals surface area contributed by atoms with E-state index in [4.69, 9.17) is 0 Å². The second kappa shape index (κ2) is 7.55. The lowest BCUT2D eigenvalue weighted by molar-refractivity contribution is 0.102. The Balaban J connectivity index is 1.83. The van der Waals surface area contributed by atoms with E-state index in [1.54, 1.807) is 37.3 Å². The Bertz CT molecular complexity index is 1080. The summed E-state index contributed by atoms with van der Waals surface area (Å²) in [4.78, 5) is 20.4. The van der Waals surface area contributed by atoms with Crippen LogP contribution in [0.1, 0.15) is 21.5 Å². The van der Waals surface area contributed by atoms with Crippen LogP contribution in [0.4, 0.5) is 11.5 Å². The predicted octanol–water partition coefficient (Wildman–Crippen LogP) is 3.15. The topological polar surface area (TPSA) is 101 Å². The quantitative estimate of drug-likeness (QED) is 0.706. The van der Waals surface area contributed by atoms with Gasteiger partial charge in [0.15, 0.2) is 5.82 Å². The number of carbonyl (C=O) groups excluding carboxylic acids is 1. The van der Waals surface area contributed by atoms with Gasteiger partial charge in [-0.25, -0.2) is 13.4 Å². The number of anilines is 2. The summed E-state index contributed by atoms with van der Waals surface area (Å²) in [5, 5.41) is 2.61. The van der Waals surface area contributed by atoms with Gasteiger partial charge >= 0.3 is 0 Å². The number of aryl methyl sites for hydroxylation is 2. The maximum atomic E-state index is 12.7. The molecule has 138 valence electrons. The zero-order valence-electron chi connectivity index (χ0n) is 14.8. The van der Waals surface area contributed by atoms with Gasteiger partial charge in [0.1, 0.15) is 0 Å². The Hall–Kier alpha value is -3.26. The van der Waals surface area contributed by atoms with E-state index in [0.29, 0.717) is 22.6 Å². The van der Waals surface area contributed by atoms with Gasteiger partial charge in [0.2, 0.25) is 0 Å². The van der Waals surface area contributed by atoms with Crippen molar-refractivity contribution in [2.45, 2.75) is 18.7 Å². The molecule has 3 rings (SSSR count). The molecule has 8 heteroatoms. The van der Waals surface area contributed by atoms with E-state index in [1.165, 1.54) is 24.7 Å². The van der Waals surface area contributed by atoms with E-state index in [9.17, 15) is 13.2 Å². The molecule has 2 N–H and O–H groups in total. The number of hydrogen-bond acceptors (Lipinski definition) is 5. The van der Waals surface area contributed by atoms with Crippen LogP contribution in [-0.2, 0) is 10.0 Å². The first-order valence-electron chi connectivity index (χ1n) is 8.13. The highest BCUT2D eigenvalue weighted by Gasteiger charge is 2.18. The van der Waals surface area contributed by atoms with Crippen LogP contribution in [-0.4, -0.2) is 24.3 Å². The molecule has 0 bridgehead atoms. The molecule has 3 aromatic rings. The summed E-state index contributed by atoms with van der Waals surface area (Å²) in [5.74, 6) is -0.104. The number of aromatic nitrogens is 2. The summed E-state index contributed by atoms with van der Waals surface area (Å²) >= 11 is 0. The van der Waals surface area contributed by atoms with Crippen LogP contribution in [0.5, 0.6) is 0 Å². The third-order valence-electron chi connectivity index (χ3n) is 3.81. The van der Waals surface area contributed by atoms with E-state index in [1.807, 2.05) is 13.0 Å². The molecule has 2 aromatic carbocycles. The smallest absolute Gasteiger partial charge is 0.262 e. The van der Waals surface area contributed by atoms with E-state index < -0.39 is 15.9 Å². The van der Waals surface area contributed by atoms with Crippen molar-refractivity contribution < 1.29 is 13.2 Å². The minimum absolute atomic E-state index is 0.205. The summed E-state index contributed by atoms with van der Waals surface area (Å²) in [7, 11) is -3.77. The Labute approximate surface area is 157 Å². The van der Waals surface area contributed by atoms with Gasteiger partial charge in [0.25, 0.3) is 15.9 Å². The molecule has 0 aliphatic heterocycles. The minimum atomic E-state index is -3.77. The van der Waals surface area contributed by atoms with Crippen molar-refractivity contribution in [2.75, 3.05) is 10.0 Å². The number of hydrogen-bond donors (Lipinski definition) is 2. The van der Waals surface area contributed by atoms with E-state index in [2.05, 4.69) is 20.0 Å². The molecule has 0 fully saturated rings. The maximum Gasteiger partial charge on any atom is 0.262 e. The molecular formula is C19H18N4O3S. The second-order valence-electron chi connectivity index (χ2n) is 6.00. The molecule has 7 nitrogen and oxygen atoms in total. The van der Waals surface area contributed by atoms with Gasteiger partial charge in [0, 0.05) is 23.6 Å². The molecular weight excluding hydrogens is 364 g/mol. The lowest BCUT2D eigenvalue weighted by Crippen LogP contribution is -2.16. The van der Waals surface area contributed by atoms with Crippen LogP contribution in [0.15, 0.2) is 66.0 Å². The Morgan fingerprint density at radius 1 is 1.04 bits per heavy atom. The van der Waals surface area contributed by atoms with E-state index in [-0.39, 0.29) is 4.90 Å². The zero-order valence-corrected chi connectivity index (χ0v) is 15.6. The summed E-state index contributed by atoms with van der Waals surface area (Å²) in [5.41, 5.74) is 2.08. The van der Waals surface area contributed by atoms with Crippen LogP contribution >= 0.6 is 0 Å². The third-order valence-corrected chi connectivity index (χ3v) is 5.34. The molecule has 1 heterocycles. The third kappa shape index (κ3) is 4.48. The average molecular weight is 382 g/mol. The summed E-state index contributed by atoms with van der Waals surface area (Å²) < 4.78 is 28.0. The number of benzene rings is 2. The zero-order chi connectivity index (χ0) is 19.4. The van der Waals surface area contributed by atoms with Crippen LogP contribution in [0.2, 0.25) is 0 Å². The number of nitrogens with one attached hydrogen (secondary N) is 2. The highest BCUT2D eigenvalue weighted by molar-refractivity contribution is 7.92. The molecule has 0 spiro atoms. The highest BCUT2D eigenvalue weighted by atomic mass is 32.2. The van der Waals surface area contributed by atoms with Crippen LogP contribution in [0, 0.1) is 13.8 Å². The Morgan fingerprint density at radius 2 is 1.85 bits per heavy atom. The number of amides is 1. The fraction of sp³-hybridized carbons (Fsp3) is 0.105. The minimum Gasteiger partial charge on any atom is -0.305 e. The fourth-order valence-electron chi connectivity index (χ4n) is 2.48. The predicted molar refractivity (Wildman–Crippen MR) is 103 cm³/mol. The highest BCUT2D eigenvalue weighted by Crippen LogP contribution is 2.21. The molecule has 0 unspecified atom stereocenters. The molecule has 0 aliphatic carbocycles. The van der Waals surface area contributed by atoms with Crippen molar-refractivity contribution in [1.29, 1.82) is 0 Å². The SMILES string of the molecule is Cc1ccc(C)c(S(=O)(=O)Nc2cccc(C(=O)Nc3cnccn3)c2)c1. The van der Waals surface area contributed by atoms with Crippen LogP contribution < -0.4 is 10.0 Å². The first-order valence-corrected chi connectivity index (χ1v) is 9.61. The van der Waals surface area contributed by atoms with Crippen LogP contribution in [0.3, 0.4) is 0 Å². The maximum absolute atomic E-state index is 12.7. The summed E-state index contributed by atoms with van der Waals surface area (Å²) in [6.45, 7) is 3.56. The molecule has 0 saturated heterocycles. The number of rotatable bonds is 5. The van der Waals surface area contributed by atoms with Crippen molar-refractivity contribution in [2.24, 2.45) is 0 Å². The van der Waals surface area contributed by atoms with Crippen molar-refractivity contribution in [3.8, 4) is 0 Å². The van der Waals surface area contributed by atoms with Crippen molar-refractivity contribution in [3.05, 3.63) is 77.7 Å². The van der Waals surface area contributed by atoms with Gasteiger partial charge < -0.3 is 5.32 Å². The van der Waals surface area contributed by atoms with E-state index >= 15 is 0 Å². The van der Waals surface area contributed by atoms with Gasteiger partial charge in [-0.2, -0.15) is 0 Å². The van der Waals surface area contributed by atoms with Crippen molar-refractivity contribution in [3.63, 3.8) is 0 Å². The van der Waals surface area contributed by atoms with Crippen LogP contribution in [0.25, 0.3) is 0 Å². The Morgan fingerprint density at radius 3 is 2.59 bits per heavy atom. The lowest BCUT2D eigenvalue weighted by Gasteiger charge is -2.12. The molecule has 0 atom stereocenters. The van der Waals surface area contributed by atoms with E-state index in [0.717, 1.165) is 5.56 Å².